The van der Waals surface area contributed by atoms with Crippen molar-refractivity contribution >= 4 is 29.4 Å². The number of para-hydroxylation sites is 1. The van der Waals surface area contributed by atoms with E-state index in [9.17, 15) is 9.59 Å². The van der Waals surface area contributed by atoms with E-state index in [0.717, 1.165) is 24.3 Å². The number of rotatable bonds is 4. The molecule has 108 valence electrons. The molecule has 5 nitrogen and oxygen atoms in total. The van der Waals surface area contributed by atoms with Gasteiger partial charge in [-0.25, -0.2) is 4.79 Å². The number of carbonyl (C=O) groups is 2. The number of amides is 2. The van der Waals surface area contributed by atoms with E-state index in [1.165, 1.54) is 0 Å². The summed E-state index contributed by atoms with van der Waals surface area (Å²) >= 11 is 1.90. The lowest BCUT2D eigenvalue weighted by atomic mass is 10.1. The van der Waals surface area contributed by atoms with Gasteiger partial charge in [0.15, 0.2) is 0 Å². The Morgan fingerprint density at radius 1 is 1.25 bits per heavy atom. The zero-order chi connectivity index (χ0) is 14.4. The van der Waals surface area contributed by atoms with Gasteiger partial charge in [0.05, 0.1) is 6.42 Å². The molecule has 1 aromatic rings. The van der Waals surface area contributed by atoms with Gasteiger partial charge in [0, 0.05) is 11.7 Å². The Bertz CT molecular complexity index is 487. The molecular weight excluding hydrogens is 276 g/mol. The Morgan fingerprint density at radius 2 is 1.95 bits per heavy atom. The number of nitrogens with one attached hydrogen (secondary N) is 2. The first-order valence-electron chi connectivity index (χ1n) is 6.60. The number of hydrogen-bond acceptors (Lipinski definition) is 3. The molecule has 0 bridgehead atoms. The fourth-order valence-electron chi connectivity index (χ4n) is 2.15. The van der Waals surface area contributed by atoms with Crippen LogP contribution in [-0.2, 0) is 11.2 Å². The van der Waals surface area contributed by atoms with E-state index in [1.54, 1.807) is 24.3 Å². The summed E-state index contributed by atoms with van der Waals surface area (Å²) in [5.41, 5.74) is 1.16. The zero-order valence-electron chi connectivity index (χ0n) is 11.1. The monoisotopic (exact) mass is 294 g/mol. The largest absolute Gasteiger partial charge is 0.481 e. The van der Waals surface area contributed by atoms with Crippen molar-refractivity contribution in [1.82, 2.24) is 5.32 Å². The number of urea groups is 1. The fourth-order valence-corrected chi connectivity index (χ4v) is 3.25. The smallest absolute Gasteiger partial charge is 0.319 e. The van der Waals surface area contributed by atoms with Gasteiger partial charge in [0.1, 0.15) is 0 Å². The molecule has 0 aromatic heterocycles. The molecule has 1 aliphatic heterocycles. The summed E-state index contributed by atoms with van der Waals surface area (Å²) < 4.78 is 0. The van der Waals surface area contributed by atoms with Crippen LogP contribution in [0.1, 0.15) is 18.4 Å². The van der Waals surface area contributed by atoms with Gasteiger partial charge in [-0.15, -0.1) is 0 Å². The summed E-state index contributed by atoms with van der Waals surface area (Å²) in [4.78, 5) is 22.7. The SMILES string of the molecule is O=C(O)Cc1ccccc1NC(=O)NC1CCSCC1. The highest BCUT2D eigenvalue weighted by atomic mass is 32.2. The van der Waals surface area contributed by atoms with Crippen molar-refractivity contribution in [2.24, 2.45) is 0 Å². The van der Waals surface area contributed by atoms with E-state index in [-0.39, 0.29) is 18.5 Å². The molecule has 0 radical (unpaired) electrons. The number of hydrogen-bond donors (Lipinski definition) is 3. The van der Waals surface area contributed by atoms with Crippen LogP contribution in [0.2, 0.25) is 0 Å². The van der Waals surface area contributed by atoms with Gasteiger partial charge in [-0.3, -0.25) is 4.79 Å². The van der Waals surface area contributed by atoms with Crippen LogP contribution in [0.4, 0.5) is 10.5 Å². The van der Waals surface area contributed by atoms with E-state index < -0.39 is 5.97 Å². The molecular formula is C14H18N2O3S. The summed E-state index contributed by atoms with van der Waals surface area (Å²) in [6, 6.07) is 6.91. The molecule has 1 aliphatic rings. The highest BCUT2D eigenvalue weighted by molar-refractivity contribution is 7.99. The van der Waals surface area contributed by atoms with Crippen LogP contribution in [0.3, 0.4) is 0 Å². The highest BCUT2D eigenvalue weighted by Gasteiger charge is 2.16. The second-order valence-corrected chi connectivity index (χ2v) is 5.94. The van der Waals surface area contributed by atoms with E-state index in [0.29, 0.717) is 11.3 Å². The van der Waals surface area contributed by atoms with Crippen molar-refractivity contribution < 1.29 is 14.7 Å². The summed E-state index contributed by atoms with van der Waals surface area (Å²) in [5.74, 6) is 1.23. The Kier molecular flexibility index (Phi) is 5.29. The fraction of sp³-hybridized carbons (Fsp3) is 0.429. The predicted octanol–water partition coefficient (Wildman–Crippen LogP) is 2.33. The van der Waals surface area contributed by atoms with Crippen LogP contribution >= 0.6 is 11.8 Å². The Labute approximate surface area is 122 Å². The van der Waals surface area contributed by atoms with Gasteiger partial charge in [0.25, 0.3) is 0 Å². The van der Waals surface area contributed by atoms with Gasteiger partial charge in [-0.05, 0) is 36.0 Å². The average Bonchev–Trinajstić information content (AvgIpc) is 2.41. The Hall–Kier alpha value is -1.69. The van der Waals surface area contributed by atoms with Crippen LogP contribution in [0.5, 0.6) is 0 Å². The molecule has 0 saturated carbocycles. The third-order valence-corrected chi connectivity index (χ3v) is 4.21. The average molecular weight is 294 g/mol. The van der Waals surface area contributed by atoms with Crippen molar-refractivity contribution in [2.75, 3.05) is 16.8 Å². The van der Waals surface area contributed by atoms with Crippen LogP contribution in [0, 0.1) is 0 Å². The minimum absolute atomic E-state index is 0.101. The Morgan fingerprint density at radius 3 is 2.65 bits per heavy atom. The van der Waals surface area contributed by atoms with Gasteiger partial charge < -0.3 is 15.7 Å². The lowest BCUT2D eigenvalue weighted by Gasteiger charge is -2.23. The zero-order valence-corrected chi connectivity index (χ0v) is 11.9. The lowest BCUT2D eigenvalue weighted by Crippen LogP contribution is -2.40. The molecule has 1 aromatic carbocycles. The first-order valence-corrected chi connectivity index (χ1v) is 7.75. The number of carbonyl (C=O) groups excluding carboxylic acids is 1. The standard InChI is InChI=1S/C14H18N2O3S/c17-13(18)9-10-3-1-2-4-12(10)16-14(19)15-11-5-7-20-8-6-11/h1-4,11H,5-9H2,(H,17,18)(H2,15,16,19). The minimum Gasteiger partial charge on any atom is -0.481 e. The van der Waals surface area contributed by atoms with Crippen molar-refractivity contribution in [3.63, 3.8) is 0 Å². The van der Waals surface area contributed by atoms with Crippen molar-refractivity contribution in [1.29, 1.82) is 0 Å². The van der Waals surface area contributed by atoms with Crippen molar-refractivity contribution in [2.45, 2.75) is 25.3 Å². The number of aliphatic carboxylic acids is 1. The van der Waals surface area contributed by atoms with Crippen molar-refractivity contribution in [3.8, 4) is 0 Å². The molecule has 1 fully saturated rings. The first-order chi connectivity index (χ1) is 9.65. The third kappa shape index (κ3) is 4.45. The Balaban J connectivity index is 1.94. The van der Waals surface area contributed by atoms with Crippen LogP contribution in [0.25, 0.3) is 0 Å². The highest BCUT2D eigenvalue weighted by Crippen LogP contribution is 2.18. The van der Waals surface area contributed by atoms with Gasteiger partial charge in [-0.2, -0.15) is 11.8 Å². The van der Waals surface area contributed by atoms with Crippen LogP contribution in [0.15, 0.2) is 24.3 Å². The number of carboxylic acid groups (broad SMARTS) is 1. The van der Waals surface area contributed by atoms with Crippen LogP contribution in [-0.4, -0.2) is 34.7 Å². The first kappa shape index (κ1) is 14.7. The number of anilines is 1. The quantitative estimate of drug-likeness (QED) is 0.796. The maximum Gasteiger partial charge on any atom is 0.319 e. The van der Waals surface area contributed by atoms with E-state index in [4.69, 9.17) is 5.11 Å². The molecule has 0 atom stereocenters. The number of benzene rings is 1. The second-order valence-electron chi connectivity index (χ2n) is 4.71. The normalized spacial score (nSPS) is 15.6. The molecule has 0 spiro atoms. The lowest BCUT2D eigenvalue weighted by molar-refractivity contribution is -0.136. The molecule has 0 unspecified atom stereocenters. The number of carboxylic acids is 1. The van der Waals surface area contributed by atoms with Crippen LogP contribution < -0.4 is 10.6 Å². The predicted molar refractivity (Wildman–Crippen MR) is 80.3 cm³/mol. The molecule has 2 amide bonds. The van der Waals surface area contributed by atoms with E-state index in [1.807, 2.05) is 11.8 Å². The van der Waals surface area contributed by atoms with E-state index in [2.05, 4.69) is 10.6 Å². The molecule has 20 heavy (non-hydrogen) atoms. The minimum atomic E-state index is -0.913. The molecule has 1 heterocycles. The van der Waals surface area contributed by atoms with Gasteiger partial charge in [-0.1, -0.05) is 18.2 Å². The second kappa shape index (κ2) is 7.19. The molecule has 0 aliphatic carbocycles. The van der Waals surface area contributed by atoms with E-state index >= 15 is 0 Å². The maximum atomic E-state index is 11.9. The molecule has 1 saturated heterocycles. The maximum absolute atomic E-state index is 11.9. The topological polar surface area (TPSA) is 78.4 Å². The molecule has 3 N–H and O–H groups in total. The molecule has 6 heteroatoms. The summed E-state index contributed by atoms with van der Waals surface area (Å²) in [6.45, 7) is 0. The van der Waals surface area contributed by atoms with Crippen molar-refractivity contribution in [3.05, 3.63) is 29.8 Å². The third-order valence-electron chi connectivity index (χ3n) is 3.16. The summed E-state index contributed by atoms with van der Waals surface area (Å²) in [6.07, 6.45) is 1.86. The van der Waals surface area contributed by atoms with Gasteiger partial charge >= 0.3 is 12.0 Å². The summed E-state index contributed by atoms with van der Waals surface area (Å²) in [5, 5.41) is 14.5. The number of thioether (sulfide) groups is 1. The molecule has 2 rings (SSSR count). The summed E-state index contributed by atoms with van der Waals surface area (Å²) in [7, 11) is 0. The van der Waals surface area contributed by atoms with Gasteiger partial charge in [0.2, 0.25) is 0 Å².